The van der Waals surface area contributed by atoms with E-state index in [2.05, 4.69) is 30.9 Å². The first-order valence-corrected chi connectivity index (χ1v) is 7.36. The smallest absolute Gasteiger partial charge is 0.0363 e. The topological polar surface area (TPSA) is 29.3 Å². The molecule has 100 valence electrons. The van der Waals surface area contributed by atoms with Crippen LogP contribution >= 0.6 is 0 Å². The summed E-state index contributed by atoms with van der Waals surface area (Å²) in [6.07, 6.45) is 6.61. The lowest BCUT2D eigenvalue weighted by Gasteiger charge is -2.26. The van der Waals surface area contributed by atoms with Crippen LogP contribution in [-0.4, -0.2) is 10.9 Å². The maximum atomic E-state index is 6.07. The van der Waals surface area contributed by atoms with Crippen LogP contribution in [0.2, 0.25) is 0 Å². The van der Waals surface area contributed by atoms with Crippen molar-refractivity contribution in [2.45, 2.75) is 65.1 Å². The van der Waals surface area contributed by atoms with E-state index in [1.165, 1.54) is 43.2 Å². The molecule has 18 heavy (non-hydrogen) atoms. The van der Waals surface area contributed by atoms with Gasteiger partial charge in [-0.2, -0.15) is 0 Å². The maximum absolute atomic E-state index is 6.07. The summed E-state index contributed by atoms with van der Waals surface area (Å²) in [6.45, 7) is 6.72. The molecule has 1 atom stereocenters. The third kappa shape index (κ3) is 2.86. The Labute approximate surface area is 111 Å². The van der Waals surface area contributed by atoms with Gasteiger partial charge >= 0.3 is 0 Å². The Kier molecular flexibility index (Phi) is 4.65. The third-order valence-corrected chi connectivity index (χ3v) is 4.17. The molecule has 0 radical (unpaired) electrons. The Bertz CT molecular complexity index is 387. The number of hydrogen-bond acceptors (Lipinski definition) is 2. The minimum atomic E-state index is 0.725. The van der Waals surface area contributed by atoms with Gasteiger partial charge in [-0.3, -0.25) is 4.90 Å². The molecule has 1 aromatic carbocycles. The Balaban J connectivity index is 1.98. The number of nitrogens with two attached hydrogens (primary N) is 1. The van der Waals surface area contributed by atoms with E-state index in [-0.39, 0.29) is 0 Å². The van der Waals surface area contributed by atoms with Crippen molar-refractivity contribution in [3.63, 3.8) is 0 Å². The average molecular weight is 246 g/mol. The van der Waals surface area contributed by atoms with E-state index in [0.717, 1.165) is 24.8 Å². The standard InChI is InChI=1S/C16H26N2/c1-3-5-6-9-14(4-2)18-11-13-8-7-10-16(17)15(13)12-18/h7-8,10,14H,3-6,9,11-12,17H2,1-2H3. The van der Waals surface area contributed by atoms with Crippen LogP contribution in [0.15, 0.2) is 18.2 Å². The van der Waals surface area contributed by atoms with Gasteiger partial charge < -0.3 is 5.73 Å². The van der Waals surface area contributed by atoms with Gasteiger partial charge in [-0.05, 0) is 30.0 Å². The quantitative estimate of drug-likeness (QED) is 0.608. The maximum Gasteiger partial charge on any atom is 0.0363 e. The van der Waals surface area contributed by atoms with Gasteiger partial charge in [0.1, 0.15) is 0 Å². The zero-order chi connectivity index (χ0) is 13.0. The van der Waals surface area contributed by atoms with Crippen molar-refractivity contribution in [1.29, 1.82) is 0 Å². The summed E-state index contributed by atoms with van der Waals surface area (Å²) in [5, 5.41) is 0. The zero-order valence-corrected chi connectivity index (χ0v) is 11.8. The Morgan fingerprint density at radius 3 is 2.72 bits per heavy atom. The van der Waals surface area contributed by atoms with Crippen LogP contribution in [0.4, 0.5) is 5.69 Å². The SMILES string of the molecule is CCCCCC(CC)N1Cc2cccc(N)c2C1. The summed E-state index contributed by atoms with van der Waals surface area (Å²) in [4.78, 5) is 2.61. The summed E-state index contributed by atoms with van der Waals surface area (Å²) in [7, 11) is 0. The van der Waals surface area contributed by atoms with Gasteiger partial charge in [0.2, 0.25) is 0 Å². The molecule has 0 aliphatic carbocycles. The molecule has 0 saturated heterocycles. The molecule has 0 amide bonds. The molecule has 0 bridgehead atoms. The monoisotopic (exact) mass is 246 g/mol. The van der Waals surface area contributed by atoms with Crippen molar-refractivity contribution in [1.82, 2.24) is 4.90 Å². The van der Waals surface area contributed by atoms with E-state index >= 15 is 0 Å². The van der Waals surface area contributed by atoms with Crippen molar-refractivity contribution in [2.75, 3.05) is 5.73 Å². The van der Waals surface area contributed by atoms with E-state index in [9.17, 15) is 0 Å². The highest BCUT2D eigenvalue weighted by Crippen LogP contribution is 2.30. The summed E-state index contributed by atoms with van der Waals surface area (Å²) in [5.41, 5.74) is 9.84. The molecule has 1 heterocycles. The Hall–Kier alpha value is -1.02. The first-order valence-electron chi connectivity index (χ1n) is 7.36. The largest absolute Gasteiger partial charge is 0.398 e. The molecule has 1 aliphatic heterocycles. The minimum absolute atomic E-state index is 0.725. The number of nitrogen functional groups attached to an aromatic ring is 1. The molecule has 2 rings (SSSR count). The fourth-order valence-corrected chi connectivity index (χ4v) is 3.01. The second-order valence-electron chi connectivity index (χ2n) is 5.45. The highest BCUT2D eigenvalue weighted by atomic mass is 15.2. The number of hydrogen-bond donors (Lipinski definition) is 1. The van der Waals surface area contributed by atoms with E-state index in [0.29, 0.717) is 0 Å². The summed E-state index contributed by atoms with van der Waals surface area (Å²) >= 11 is 0. The number of rotatable bonds is 6. The van der Waals surface area contributed by atoms with Crippen LogP contribution in [0.3, 0.4) is 0 Å². The lowest BCUT2D eigenvalue weighted by atomic mass is 10.0. The first kappa shape index (κ1) is 13.4. The molecule has 0 spiro atoms. The van der Waals surface area contributed by atoms with Crippen molar-refractivity contribution >= 4 is 5.69 Å². The fourth-order valence-electron chi connectivity index (χ4n) is 3.01. The predicted molar refractivity (Wildman–Crippen MR) is 78.3 cm³/mol. The summed E-state index contributed by atoms with van der Waals surface area (Å²) < 4.78 is 0. The van der Waals surface area contributed by atoms with E-state index in [4.69, 9.17) is 5.73 Å². The van der Waals surface area contributed by atoms with Crippen LogP contribution in [-0.2, 0) is 13.1 Å². The zero-order valence-electron chi connectivity index (χ0n) is 11.8. The number of nitrogens with zero attached hydrogens (tertiary/aromatic N) is 1. The molecule has 1 aliphatic rings. The Morgan fingerprint density at radius 1 is 1.22 bits per heavy atom. The Morgan fingerprint density at radius 2 is 2.06 bits per heavy atom. The molecule has 0 fully saturated rings. The normalized spacial score (nSPS) is 16.8. The first-order chi connectivity index (χ1) is 8.76. The van der Waals surface area contributed by atoms with Gasteiger partial charge in [-0.25, -0.2) is 0 Å². The van der Waals surface area contributed by atoms with Crippen LogP contribution in [0.5, 0.6) is 0 Å². The van der Waals surface area contributed by atoms with E-state index < -0.39 is 0 Å². The van der Waals surface area contributed by atoms with E-state index in [1.807, 2.05) is 6.07 Å². The molecule has 2 heteroatoms. The summed E-state index contributed by atoms with van der Waals surface area (Å²) in [5.74, 6) is 0. The molecule has 1 unspecified atom stereocenters. The fraction of sp³-hybridized carbons (Fsp3) is 0.625. The second-order valence-corrected chi connectivity index (χ2v) is 5.45. The van der Waals surface area contributed by atoms with Gasteiger partial charge in [0.05, 0.1) is 0 Å². The predicted octanol–water partition coefficient (Wildman–Crippen LogP) is 3.94. The number of fused-ring (bicyclic) bond motifs is 1. The van der Waals surface area contributed by atoms with Gasteiger partial charge in [0.15, 0.2) is 0 Å². The summed E-state index contributed by atoms with van der Waals surface area (Å²) in [6, 6.07) is 7.06. The van der Waals surface area contributed by atoms with Crippen molar-refractivity contribution in [3.8, 4) is 0 Å². The molecule has 2 nitrogen and oxygen atoms in total. The average Bonchev–Trinajstić information content (AvgIpc) is 2.80. The van der Waals surface area contributed by atoms with Gasteiger partial charge in [-0.1, -0.05) is 45.2 Å². The lowest BCUT2D eigenvalue weighted by molar-refractivity contribution is 0.180. The van der Waals surface area contributed by atoms with Crippen LogP contribution in [0.25, 0.3) is 0 Å². The molecular formula is C16H26N2. The lowest BCUT2D eigenvalue weighted by Crippen LogP contribution is -2.30. The third-order valence-electron chi connectivity index (χ3n) is 4.17. The van der Waals surface area contributed by atoms with Crippen LogP contribution < -0.4 is 5.73 Å². The number of unbranched alkanes of at least 4 members (excludes halogenated alkanes) is 2. The van der Waals surface area contributed by atoms with Gasteiger partial charge in [-0.15, -0.1) is 0 Å². The second kappa shape index (κ2) is 6.24. The van der Waals surface area contributed by atoms with Gasteiger partial charge in [0, 0.05) is 24.8 Å². The molecule has 0 saturated carbocycles. The number of benzene rings is 1. The highest BCUT2D eigenvalue weighted by Gasteiger charge is 2.25. The number of anilines is 1. The molecule has 0 aromatic heterocycles. The van der Waals surface area contributed by atoms with Crippen LogP contribution in [0, 0.1) is 0 Å². The highest BCUT2D eigenvalue weighted by molar-refractivity contribution is 5.52. The molecule has 1 aromatic rings. The van der Waals surface area contributed by atoms with Crippen molar-refractivity contribution in [3.05, 3.63) is 29.3 Å². The van der Waals surface area contributed by atoms with Crippen molar-refractivity contribution < 1.29 is 0 Å². The van der Waals surface area contributed by atoms with Gasteiger partial charge in [0.25, 0.3) is 0 Å². The van der Waals surface area contributed by atoms with Crippen LogP contribution in [0.1, 0.15) is 57.1 Å². The molecular weight excluding hydrogens is 220 g/mol. The minimum Gasteiger partial charge on any atom is -0.398 e. The van der Waals surface area contributed by atoms with Crippen molar-refractivity contribution in [2.24, 2.45) is 0 Å². The molecule has 2 N–H and O–H groups in total. The van der Waals surface area contributed by atoms with E-state index in [1.54, 1.807) is 0 Å².